The minimum absolute atomic E-state index is 0.117. The van der Waals surface area contributed by atoms with Crippen molar-refractivity contribution in [2.45, 2.75) is 64.6 Å². The second-order valence-electron chi connectivity index (χ2n) is 6.60. The number of likely N-dealkylation sites (tertiary alicyclic amines) is 1. The van der Waals surface area contributed by atoms with Crippen LogP contribution in [0.3, 0.4) is 0 Å². The molecule has 0 aromatic rings. The summed E-state index contributed by atoms with van der Waals surface area (Å²) in [5, 5.41) is 2.48. The van der Waals surface area contributed by atoms with Gasteiger partial charge in [-0.2, -0.15) is 0 Å². The predicted octanol–water partition coefficient (Wildman–Crippen LogP) is 1.95. The van der Waals surface area contributed by atoms with Gasteiger partial charge in [-0.3, -0.25) is 9.69 Å². The summed E-state index contributed by atoms with van der Waals surface area (Å²) in [4.78, 5) is 25.0. The number of carbonyl (C=O) groups excluding carboxylic acids is 2. The fourth-order valence-corrected chi connectivity index (χ4v) is 3.17. The summed E-state index contributed by atoms with van der Waals surface area (Å²) >= 11 is 0. The summed E-state index contributed by atoms with van der Waals surface area (Å²) in [6.07, 6.45) is 0.957. The number of Topliss-reactive ketones (excluding diaryl/α,β-unsaturated/α-hetero) is 1. The number of piperidine rings is 1. The zero-order chi connectivity index (χ0) is 14.8. The molecule has 19 heavy (non-hydrogen) atoms. The van der Waals surface area contributed by atoms with Crippen molar-refractivity contribution in [2.24, 2.45) is 0 Å². The second-order valence-corrected chi connectivity index (χ2v) is 6.60. The Balaban J connectivity index is 2.87. The number of rotatable bonds is 3. The molecule has 1 fully saturated rings. The van der Waals surface area contributed by atoms with E-state index in [0.29, 0.717) is 6.54 Å². The molecular weight excluding hydrogens is 244 g/mol. The van der Waals surface area contributed by atoms with Crippen LogP contribution in [0.5, 0.6) is 0 Å². The van der Waals surface area contributed by atoms with Gasteiger partial charge in [-0.15, -0.1) is 0 Å². The monoisotopic (exact) mass is 270 g/mol. The van der Waals surface area contributed by atoms with Crippen molar-refractivity contribution >= 4 is 11.9 Å². The van der Waals surface area contributed by atoms with Crippen molar-refractivity contribution in [2.75, 3.05) is 13.6 Å². The molecule has 0 unspecified atom stereocenters. The summed E-state index contributed by atoms with van der Waals surface area (Å²) in [5.41, 5.74) is -0.349. The van der Waals surface area contributed by atoms with Crippen LogP contribution in [0, 0.1) is 0 Å². The van der Waals surface area contributed by atoms with E-state index in [1.54, 1.807) is 14.0 Å². The van der Waals surface area contributed by atoms with E-state index in [9.17, 15) is 9.59 Å². The normalized spacial score (nSPS) is 22.8. The van der Waals surface area contributed by atoms with Crippen LogP contribution < -0.4 is 5.32 Å². The molecule has 5 nitrogen and oxygen atoms in total. The molecule has 0 aliphatic carbocycles. The molecular formula is C14H26N2O3. The highest BCUT2D eigenvalue weighted by Gasteiger charge is 2.46. The molecule has 5 heteroatoms. The highest BCUT2D eigenvalue weighted by molar-refractivity contribution is 5.77. The Morgan fingerprint density at radius 3 is 2.05 bits per heavy atom. The predicted molar refractivity (Wildman–Crippen MR) is 74.1 cm³/mol. The van der Waals surface area contributed by atoms with Crippen molar-refractivity contribution < 1.29 is 14.3 Å². The highest BCUT2D eigenvalue weighted by atomic mass is 16.6. The first-order valence-corrected chi connectivity index (χ1v) is 6.74. The number of amides is 1. The lowest BCUT2D eigenvalue weighted by atomic mass is 9.78. The Morgan fingerprint density at radius 2 is 1.68 bits per heavy atom. The number of alkyl carbamates (subject to hydrolysis) is 1. The maximum Gasteiger partial charge on any atom is 0.407 e. The SMILES string of the molecule is CNC(=O)OC1CC(C)(C)N(CC(C)=O)C(C)(C)C1. The van der Waals surface area contributed by atoms with Gasteiger partial charge in [0, 0.05) is 31.0 Å². The molecule has 0 aromatic carbocycles. The van der Waals surface area contributed by atoms with E-state index in [4.69, 9.17) is 4.74 Å². The number of ether oxygens (including phenoxy) is 1. The van der Waals surface area contributed by atoms with Gasteiger partial charge >= 0.3 is 6.09 Å². The van der Waals surface area contributed by atoms with Gasteiger partial charge in [0.05, 0.1) is 6.54 Å². The lowest BCUT2D eigenvalue weighted by Gasteiger charge is -2.54. The fourth-order valence-electron chi connectivity index (χ4n) is 3.17. The van der Waals surface area contributed by atoms with E-state index in [0.717, 1.165) is 12.8 Å². The van der Waals surface area contributed by atoms with Crippen LogP contribution in [0.2, 0.25) is 0 Å². The topological polar surface area (TPSA) is 58.6 Å². The van der Waals surface area contributed by atoms with Crippen LogP contribution in [-0.2, 0) is 9.53 Å². The minimum atomic E-state index is -0.392. The molecule has 110 valence electrons. The molecule has 1 amide bonds. The van der Waals surface area contributed by atoms with Gasteiger partial charge in [-0.05, 0) is 34.6 Å². The largest absolute Gasteiger partial charge is 0.446 e. The second kappa shape index (κ2) is 5.49. The summed E-state index contributed by atoms with van der Waals surface area (Å²) in [7, 11) is 1.56. The molecule has 1 N–H and O–H groups in total. The molecule has 0 bridgehead atoms. The van der Waals surface area contributed by atoms with E-state index in [-0.39, 0.29) is 23.0 Å². The Hall–Kier alpha value is -1.10. The molecule has 0 atom stereocenters. The maximum absolute atomic E-state index is 11.5. The molecule has 0 aromatic heterocycles. The summed E-state index contributed by atoms with van der Waals surface area (Å²) in [6, 6.07) is 0. The van der Waals surface area contributed by atoms with E-state index >= 15 is 0 Å². The third-order valence-corrected chi connectivity index (χ3v) is 3.77. The molecule has 1 aliphatic heterocycles. The van der Waals surface area contributed by atoms with Crippen LogP contribution in [0.4, 0.5) is 4.79 Å². The highest BCUT2D eigenvalue weighted by Crippen LogP contribution is 2.39. The molecule has 0 saturated carbocycles. The van der Waals surface area contributed by atoms with E-state index in [1.165, 1.54) is 0 Å². The van der Waals surface area contributed by atoms with Crippen molar-refractivity contribution in [1.29, 1.82) is 0 Å². The number of hydrogen-bond donors (Lipinski definition) is 1. The quantitative estimate of drug-likeness (QED) is 0.851. The fraction of sp³-hybridized carbons (Fsp3) is 0.857. The minimum Gasteiger partial charge on any atom is -0.446 e. The molecule has 0 spiro atoms. The summed E-state index contributed by atoms with van der Waals surface area (Å²) < 4.78 is 5.40. The van der Waals surface area contributed by atoms with Gasteiger partial charge in [-0.1, -0.05) is 0 Å². The number of nitrogens with zero attached hydrogens (tertiary/aromatic N) is 1. The van der Waals surface area contributed by atoms with Crippen LogP contribution in [0.1, 0.15) is 47.5 Å². The zero-order valence-electron chi connectivity index (χ0n) is 12.9. The number of carbonyl (C=O) groups is 2. The molecule has 0 radical (unpaired) electrons. The molecule has 1 heterocycles. The first-order valence-electron chi connectivity index (χ1n) is 6.74. The van der Waals surface area contributed by atoms with Crippen molar-refractivity contribution in [1.82, 2.24) is 10.2 Å². The van der Waals surface area contributed by atoms with Gasteiger partial charge in [0.25, 0.3) is 0 Å². The zero-order valence-corrected chi connectivity index (χ0v) is 12.9. The Morgan fingerprint density at radius 1 is 1.21 bits per heavy atom. The first kappa shape index (κ1) is 16.0. The van der Waals surface area contributed by atoms with Crippen molar-refractivity contribution in [3.63, 3.8) is 0 Å². The smallest absolute Gasteiger partial charge is 0.407 e. The third-order valence-electron chi connectivity index (χ3n) is 3.77. The average Bonchev–Trinajstić information content (AvgIpc) is 2.22. The summed E-state index contributed by atoms with van der Waals surface area (Å²) in [6.45, 7) is 10.4. The average molecular weight is 270 g/mol. The Bertz CT molecular complexity index is 346. The Kier molecular flexibility index (Phi) is 4.61. The number of ketones is 1. The van der Waals surface area contributed by atoms with Gasteiger partial charge < -0.3 is 10.1 Å². The van der Waals surface area contributed by atoms with Crippen LogP contribution in [0.25, 0.3) is 0 Å². The van der Waals surface area contributed by atoms with Gasteiger partial charge in [0.2, 0.25) is 0 Å². The molecule has 1 saturated heterocycles. The Labute approximate surface area is 115 Å². The standard InChI is InChI=1S/C14H26N2O3/c1-10(17)9-16-13(2,3)7-11(8-14(16,4)5)19-12(18)15-6/h11H,7-9H2,1-6H3,(H,15,18). The number of hydrogen-bond acceptors (Lipinski definition) is 4. The van der Waals surface area contributed by atoms with Gasteiger partial charge in [-0.25, -0.2) is 4.79 Å². The maximum atomic E-state index is 11.5. The van der Waals surface area contributed by atoms with E-state index in [1.807, 2.05) is 0 Å². The van der Waals surface area contributed by atoms with Gasteiger partial charge in [0.15, 0.2) is 0 Å². The lowest BCUT2D eigenvalue weighted by molar-refractivity contribution is -0.128. The van der Waals surface area contributed by atoms with Crippen LogP contribution >= 0.6 is 0 Å². The van der Waals surface area contributed by atoms with Crippen LogP contribution in [0.15, 0.2) is 0 Å². The van der Waals surface area contributed by atoms with Crippen LogP contribution in [-0.4, -0.2) is 47.6 Å². The molecule has 1 rings (SSSR count). The first-order chi connectivity index (χ1) is 8.58. The lowest BCUT2D eigenvalue weighted by Crippen LogP contribution is -2.63. The van der Waals surface area contributed by atoms with Gasteiger partial charge in [0.1, 0.15) is 11.9 Å². The summed E-state index contributed by atoms with van der Waals surface area (Å²) in [5.74, 6) is 0.159. The van der Waals surface area contributed by atoms with Crippen molar-refractivity contribution in [3.8, 4) is 0 Å². The van der Waals surface area contributed by atoms with E-state index < -0.39 is 6.09 Å². The third kappa shape index (κ3) is 3.93. The van der Waals surface area contributed by atoms with Crippen molar-refractivity contribution in [3.05, 3.63) is 0 Å². The molecule has 1 aliphatic rings. The number of nitrogens with one attached hydrogen (secondary N) is 1. The van der Waals surface area contributed by atoms with E-state index in [2.05, 4.69) is 37.9 Å².